The number of fused-ring (bicyclic) bond motifs is 2. The smallest absolute Gasteiger partial charge is 0.237 e. The molecule has 3 heterocycles. The normalized spacial score (nSPS) is 23.3. The molecule has 4 N–H and O–H groups in total. The quantitative estimate of drug-likeness (QED) is 0.638. The van der Waals surface area contributed by atoms with E-state index in [0.29, 0.717) is 0 Å². The van der Waals surface area contributed by atoms with E-state index >= 15 is 0 Å². The summed E-state index contributed by atoms with van der Waals surface area (Å²) in [7, 11) is 0. The Bertz CT molecular complexity index is 1010. The van der Waals surface area contributed by atoms with Gasteiger partial charge in [-0.05, 0) is 49.1 Å². The zero-order valence-electron chi connectivity index (χ0n) is 15.3. The summed E-state index contributed by atoms with van der Waals surface area (Å²) in [5.41, 5.74) is 3.39. The second kappa shape index (κ2) is 6.85. The number of hydrogen-bond acceptors (Lipinski definition) is 3. The lowest BCUT2D eigenvalue weighted by molar-refractivity contribution is -0.123. The SMILES string of the molecule is O=C(NC1C=Cc2[nH]c(Cc3c[nH]c4c3=CCCC=4)nc2C1)[C@@H]1CCCN1. The second-order valence-electron chi connectivity index (χ2n) is 7.67. The van der Waals surface area contributed by atoms with Gasteiger partial charge in [-0.2, -0.15) is 0 Å². The third-order valence-electron chi connectivity index (χ3n) is 5.73. The summed E-state index contributed by atoms with van der Waals surface area (Å²) in [4.78, 5) is 24.0. The van der Waals surface area contributed by atoms with Crippen molar-refractivity contribution < 1.29 is 4.79 Å². The first-order valence-electron chi connectivity index (χ1n) is 9.92. The minimum Gasteiger partial charge on any atom is -0.361 e. The molecule has 140 valence electrons. The van der Waals surface area contributed by atoms with Gasteiger partial charge in [0.1, 0.15) is 5.82 Å². The van der Waals surface area contributed by atoms with Crippen molar-refractivity contribution >= 4 is 24.1 Å². The molecule has 1 saturated heterocycles. The molecule has 2 atom stereocenters. The number of nitrogens with one attached hydrogen (secondary N) is 4. The molecule has 5 rings (SSSR count). The summed E-state index contributed by atoms with van der Waals surface area (Å²) in [5, 5.41) is 8.95. The van der Waals surface area contributed by atoms with Gasteiger partial charge in [0, 0.05) is 24.4 Å². The van der Waals surface area contributed by atoms with Crippen LogP contribution in [-0.2, 0) is 17.6 Å². The van der Waals surface area contributed by atoms with Crippen LogP contribution in [0.25, 0.3) is 18.2 Å². The fraction of sp³-hybridized carbons (Fsp3) is 0.429. The molecule has 0 bridgehead atoms. The Labute approximate surface area is 157 Å². The maximum Gasteiger partial charge on any atom is 0.237 e. The van der Waals surface area contributed by atoms with E-state index in [9.17, 15) is 4.79 Å². The molecule has 1 aliphatic heterocycles. The van der Waals surface area contributed by atoms with E-state index in [1.807, 2.05) is 0 Å². The molecule has 0 saturated carbocycles. The zero-order chi connectivity index (χ0) is 18.2. The van der Waals surface area contributed by atoms with Gasteiger partial charge in [0.25, 0.3) is 0 Å². The molecular formula is C21H25N5O. The predicted octanol–water partition coefficient (Wildman–Crippen LogP) is 0.490. The first-order chi connectivity index (χ1) is 13.3. The average molecular weight is 363 g/mol. The van der Waals surface area contributed by atoms with Gasteiger partial charge in [-0.15, -0.1) is 0 Å². The van der Waals surface area contributed by atoms with Gasteiger partial charge in [0.15, 0.2) is 0 Å². The van der Waals surface area contributed by atoms with Crippen LogP contribution in [0.3, 0.4) is 0 Å². The fourth-order valence-electron chi connectivity index (χ4n) is 4.32. The van der Waals surface area contributed by atoms with E-state index in [0.717, 1.165) is 62.3 Å². The highest BCUT2D eigenvalue weighted by atomic mass is 16.2. The summed E-state index contributed by atoms with van der Waals surface area (Å²) in [5.74, 6) is 1.09. The number of imidazole rings is 1. The standard InChI is InChI=1S/C21H25N5O/c27-21(18-6-3-9-22-18)24-14-7-8-17-19(11-14)26-20(25-17)10-13-12-23-16-5-2-1-4-15(13)16/h4-5,7-8,12,14,18,22-23H,1-3,6,9-11H2,(H,24,27)(H,25,26)/t14?,18-/m0/s1. The van der Waals surface area contributed by atoms with Crippen molar-refractivity contribution in [2.75, 3.05) is 6.54 Å². The van der Waals surface area contributed by atoms with Gasteiger partial charge in [-0.3, -0.25) is 4.79 Å². The molecule has 0 aromatic carbocycles. The Kier molecular flexibility index (Phi) is 4.20. The number of aromatic nitrogens is 3. The first-order valence-corrected chi connectivity index (χ1v) is 9.92. The first kappa shape index (κ1) is 16.6. The van der Waals surface area contributed by atoms with E-state index in [2.05, 4.69) is 51.1 Å². The third-order valence-corrected chi connectivity index (χ3v) is 5.73. The molecule has 1 fully saturated rings. The molecule has 0 spiro atoms. The molecule has 0 radical (unpaired) electrons. The van der Waals surface area contributed by atoms with E-state index in [1.165, 1.54) is 16.1 Å². The Morgan fingerprint density at radius 1 is 1.30 bits per heavy atom. The molecule has 2 aromatic rings. The predicted molar refractivity (Wildman–Crippen MR) is 105 cm³/mol. The van der Waals surface area contributed by atoms with Crippen LogP contribution >= 0.6 is 0 Å². The molecule has 1 amide bonds. The number of aromatic amines is 2. The molecule has 3 aliphatic rings. The van der Waals surface area contributed by atoms with Gasteiger partial charge < -0.3 is 20.6 Å². The highest BCUT2D eigenvalue weighted by Gasteiger charge is 2.25. The van der Waals surface area contributed by atoms with Crippen molar-refractivity contribution in [3.8, 4) is 0 Å². The summed E-state index contributed by atoms with van der Waals surface area (Å²) in [6.45, 7) is 0.934. The van der Waals surface area contributed by atoms with Gasteiger partial charge in [-0.1, -0.05) is 18.2 Å². The van der Waals surface area contributed by atoms with Crippen LogP contribution in [0.4, 0.5) is 0 Å². The number of rotatable bonds is 4. The molecule has 2 aliphatic carbocycles. The van der Waals surface area contributed by atoms with Crippen LogP contribution in [0.5, 0.6) is 0 Å². The van der Waals surface area contributed by atoms with Crippen molar-refractivity contribution in [3.05, 3.63) is 45.6 Å². The highest BCUT2D eigenvalue weighted by Crippen LogP contribution is 2.18. The minimum atomic E-state index is -0.0395. The van der Waals surface area contributed by atoms with Gasteiger partial charge >= 0.3 is 0 Å². The van der Waals surface area contributed by atoms with Gasteiger partial charge in [-0.25, -0.2) is 4.98 Å². The Morgan fingerprint density at radius 3 is 3.11 bits per heavy atom. The lowest BCUT2D eigenvalue weighted by Gasteiger charge is -2.20. The van der Waals surface area contributed by atoms with Gasteiger partial charge in [0.05, 0.1) is 23.5 Å². The van der Waals surface area contributed by atoms with Crippen LogP contribution in [0.15, 0.2) is 12.3 Å². The molecule has 6 nitrogen and oxygen atoms in total. The fourth-order valence-corrected chi connectivity index (χ4v) is 4.32. The van der Waals surface area contributed by atoms with Crippen molar-refractivity contribution in [1.82, 2.24) is 25.6 Å². The Balaban J connectivity index is 1.29. The van der Waals surface area contributed by atoms with Crippen molar-refractivity contribution in [1.29, 1.82) is 0 Å². The Morgan fingerprint density at radius 2 is 2.22 bits per heavy atom. The van der Waals surface area contributed by atoms with Crippen LogP contribution in [-0.4, -0.2) is 39.5 Å². The van der Waals surface area contributed by atoms with Crippen LogP contribution < -0.4 is 21.2 Å². The molecular weight excluding hydrogens is 338 g/mol. The van der Waals surface area contributed by atoms with Gasteiger partial charge in [0.2, 0.25) is 5.91 Å². The van der Waals surface area contributed by atoms with E-state index in [-0.39, 0.29) is 18.0 Å². The van der Waals surface area contributed by atoms with E-state index in [1.54, 1.807) is 0 Å². The molecule has 1 unspecified atom stereocenters. The average Bonchev–Trinajstić information content (AvgIpc) is 3.41. The summed E-state index contributed by atoms with van der Waals surface area (Å²) in [6, 6.07) is -0.0196. The number of nitrogens with zero attached hydrogens (tertiary/aromatic N) is 1. The lowest BCUT2D eigenvalue weighted by Crippen LogP contribution is -2.45. The maximum atomic E-state index is 12.3. The zero-order valence-corrected chi connectivity index (χ0v) is 15.3. The van der Waals surface area contributed by atoms with E-state index in [4.69, 9.17) is 4.98 Å². The Hall–Kier alpha value is -2.60. The highest BCUT2D eigenvalue weighted by molar-refractivity contribution is 5.82. The number of H-pyrrole nitrogens is 2. The largest absolute Gasteiger partial charge is 0.361 e. The molecule has 27 heavy (non-hydrogen) atoms. The summed E-state index contributed by atoms with van der Waals surface area (Å²) >= 11 is 0. The van der Waals surface area contributed by atoms with Crippen molar-refractivity contribution in [3.63, 3.8) is 0 Å². The molecule has 2 aromatic heterocycles. The van der Waals surface area contributed by atoms with Crippen molar-refractivity contribution in [2.24, 2.45) is 0 Å². The number of carbonyl (C=O) groups is 1. The number of amides is 1. The molecule has 6 heteroatoms. The lowest BCUT2D eigenvalue weighted by atomic mass is 10.0. The third kappa shape index (κ3) is 3.25. The van der Waals surface area contributed by atoms with Crippen LogP contribution in [0.1, 0.15) is 48.5 Å². The topological polar surface area (TPSA) is 85.6 Å². The minimum absolute atomic E-state index is 0.0199. The monoisotopic (exact) mass is 363 g/mol. The van der Waals surface area contributed by atoms with Crippen LogP contribution in [0, 0.1) is 0 Å². The maximum absolute atomic E-state index is 12.3. The van der Waals surface area contributed by atoms with Crippen LogP contribution in [0.2, 0.25) is 0 Å². The second-order valence-corrected chi connectivity index (χ2v) is 7.67. The van der Waals surface area contributed by atoms with Crippen molar-refractivity contribution in [2.45, 2.75) is 50.6 Å². The summed E-state index contributed by atoms with van der Waals surface area (Å²) < 4.78 is 0. The number of carbonyl (C=O) groups excluding carboxylic acids is 1. The van der Waals surface area contributed by atoms with E-state index < -0.39 is 0 Å². The summed E-state index contributed by atoms with van der Waals surface area (Å²) in [6.07, 6.45) is 16.5. The number of hydrogen-bond donors (Lipinski definition) is 4.